The van der Waals surface area contributed by atoms with Gasteiger partial charge in [-0.05, 0) is 25.5 Å². The normalized spacial score (nSPS) is 15.3. The van der Waals surface area contributed by atoms with E-state index in [1.54, 1.807) is 6.07 Å². The minimum atomic E-state index is -0.275. The summed E-state index contributed by atoms with van der Waals surface area (Å²) in [5.74, 6) is -0.0286. The van der Waals surface area contributed by atoms with Crippen molar-refractivity contribution in [2.45, 2.75) is 26.3 Å². The number of amides is 2. The van der Waals surface area contributed by atoms with Crippen molar-refractivity contribution in [3.8, 4) is 11.5 Å². The molecule has 1 aliphatic rings. The van der Waals surface area contributed by atoms with Crippen molar-refractivity contribution in [2.24, 2.45) is 0 Å². The van der Waals surface area contributed by atoms with Crippen molar-refractivity contribution in [3.63, 3.8) is 0 Å². The van der Waals surface area contributed by atoms with Crippen LogP contribution in [0.4, 0.5) is 5.69 Å². The Morgan fingerprint density at radius 1 is 1.55 bits per heavy atom. The molecule has 0 bridgehead atoms. The van der Waals surface area contributed by atoms with Crippen LogP contribution in [0.2, 0.25) is 0 Å². The highest BCUT2D eigenvalue weighted by molar-refractivity contribution is 6.02. The fourth-order valence-electron chi connectivity index (χ4n) is 1.93. The van der Waals surface area contributed by atoms with E-state index < -0.39 is 0 Å². The van der Waals surface area contributed by atoms with Gasteiger partial charge in [0.2, 0.25) is 5.91 Å². The van der Waals surface area contributed by atoms with Crippen molar-refractivity contribution in [3.05, 3.63) is 18.2 Å². The third-order valence-corrected chi connectivity index (χ3v) is 3.21. The van der Waals surface area contributed by atoms with Crippen LogP contribution in [0.15, 0.2) is 18.2 Å². The lowest BCUT2D eigenvalue weighted by Crippen LogP contribution is -2.46. The predicted molar refractivity (Wildman–Crippen MR) is 73.9 cm³/mol. The Balaban J connectivity index is 2.15. The average molecular weight is 278 g/mol. The molecule has 1 unspecified atom stereocenters. The molecule has 2 rings (SSSR count). The molecule has 1 atom stereocenters. The summed E-state index contributed by atoms with van der Waals surface area (Å²) in [4.78, 5) is 25.2. The third-order valence-electron chi connectivity index (χ3n) is 3.21. The molecule has 1 heterocycles. The molecule has 2 amide bonds. The Morgan fingerprint density at radius 3 is 3.00 bits per heavy atom. The number of anilines is 1. The molecule has 0 fully saturated rings. The van der Waals surface area contributed by atoms with Gasteiger partial charge >= 0.3 is 0 Å². The monoisotopic (exact) mass is 278 g/mol. The van der Waals surface area contributed by atoms with Crippen molar-refractivity contribution < 1.29 is 19.4 Å². The van der Waals surface area contributed by atoms with Gasteiger partial charge < -0.3 is 15.2 Å². The number of hydrogen-bond acceptors (Lipinski definition) is 4. The summed E-state index contributed by atoms with van der Waals surface area (Å²) in [5, 5.41) is 12.2. The zero-order valence-electron chi connectivity index (χ0n) is 11.5. The number of rotatable bonds is 4. The number of benzene rings is 1. The van der Waals surface area contributed by atoms with E-state index in [4.69, 9.17) is 4.74 Å². The second-order valence-electron chi connectivity index (χ2n) is 4.80. The number of hydrogen-bond donors (Lipinski definition) is 2. The number of aromatic hydroxyl groups is 1. The topological polar surface area (TPSA) is 78.9 Å². The zero-order valence-corrected chi connectivity index (χ0v) is 11.5. The molecule has 6 nitrogen and oxygen atoms in total. The van der Waals surface area contributed by atoms with Gasteiger partial charge in [0.05, 0.1) is 5.69 Å². The van der Waals surface area contributed by atoms with Gasteiger partial charge in [-0.15, -0.1) is 0 Å². The van der Waals surface area contributed by atoms with E-state index in [0.717, 1.165) is 6.42 Å². The zero-order chi connectivity index (χ0) is 14.7. The van der Waals surface area contributed by atoms with Crippen molar-refractivity contribution in [1.82, 2.24) is 5.32 Å². The first-order valence-electron chi connectivity index (χ1n) is 6.56. The Hall–Kier alpha value is -2.24. The van der Waals surface area contributed by atoms with Gasteiger partial charge in [0, 0.05) is 12.1 Å². The van der Waals surface area contributed by atoms with E-state index >= 15 is 0 Å². The quantitative estimate of drug-likeness (QED) is 0.862. The fraction of sp³-hybridized carbons (Fsp3) is 0.429. The maximum absolute atomic E-state index is 11.9. The minimum absolute atomic E-state index is 0.0513. The van der Waals surface area contributed by atoms with Crippen LogP contribution in [0.5, 0.6) is 11.5 Å². The van der Waals surface area contributed by atoms with Crippen LogP contribution in [0.1, 0.15) is 20.3 Å². The fourth-order valence-corrected chi connectivity index (χ4v) is 1.93. The number of nitrogens with one attached hydrogen (secondary N) is 1. The van der Waals surface area contributed by atoms with Crippen LogP contribution in [0.3, 0.4) is 0 Å². The van der Waals surface area contributed by atoms with Crippen LogP contribution in [-0.2, 0) is 9.59 Å². The molecular formula is C14H18N2O4. The molecule has 0 aliphatic carbocycles. The Labute approximate surface area is 117 Å². The lowest BCUT2D eigenvalue weighted by molar-refractivity contribution is -0.125. The van der Waals surface area contributed by atoms with E-state index in [-0.39, 0.29) is 36.8 Å². The highest BCUT2D eigenvalue weighted by Gasteiger charge is 2.27. The van der Waals surface area contributed by atoms with Gasteiger partial charge in [-0.2, -0.15) is 0 Å². The maximum Gasteiger partial charge on any atom is 0.265 e. The Kier molecular flexibility index (Phi) is 4.12. The first kappa shape index (κ1) is 14.2. The Bertz CT molecular complexity index is 530. The van der Waals surface area contributed by atoms with Gasteiger partial charge in [0.25, 0.3) is 5.91 Å². The molecule has 2 N–H and O–H groups in total. The Morgan fingerprint density at radius 2 is 2.30 bits per heavy atom. The predicted octanol–water partition coefficient (Wildman–Crippen LogP) is 1.03. The van der Waals surface area contributed by atoms with Crippen LogP contribution < -0.4 is 15.0 Å². The number of phenols is 1. The number of carbonyl (C=O) groups excluding carboxylic acids is 2. The number of nitrogens with zero attached hydrogens (tertiary/aromatic N) is 1. The second-order valence-corrected chi connectivity index (χ2v) is 4.80. The van der Waals surface area contributed by atoms with Crippen LogP contribution in [0, 0.1) is 0 Å². The summed E-state index contributed by atoms with van der Waals surface area (Å²) >= 11 is 0. The van der Waals surface area contributed by atoms with Crippen LogP contribution >= 0.6 is 0 Å². The lowest BCUT2D eigenvalue weighted by Gasteiger charge is -2.29. The van der Waals surface area contributed by atoms with Crippen molar-refractivity contribution in [1.29, 1.82) is 0 Å². The maximum atomic E-state index is 11.9. The molecule has 0 aromatic heterocycles. The number of fused-ring (bicyclic) bond motifs is 1. The van der Waals surface area contributed by atoms with E-state index in [1.165, 1.54) is 17.0 Å². The summed E-state index contributed by atoms with van der Waals surface area (Å²) in [6.45, 7) is 3.70. The van der Waals surface area contributed by atoms with Gasteiger partial charge in [0.1, 0.15) is 18.0 Å². The average Bonchev–Trinajstić information content (AvgIpc) is 2.41. The number of phenolic OH excluding ortho intramolecular Hbond substituents is 1. The van der Waals surface area contributed by atoms with E-state index in [9.17, 15) is 14.7 Å². The summed E-state index contributed by atoms with van der Waals surface area (Å²) in [7, 11) is 0. The lowest BCUT2D eigenvalue weighted by atomic mass is 10.2. The molecular weight excluding hydrogens is 260 g/mol. The molecule has 0 saturated heterocycles. The van der Waals surface area contributed by atoms with Crippen LogP contribution in [0.25, 0.3) is 0 Å². The smallest absolute Gasteiger partial charge is 0.265 e. The van der Waals surface area contributed by atoms with Crippen LogP contribution in [-0.4, -0.2) is 36.1 Å². The molecule has 0 saturated carbocycles. The molecule has 1 aromatic rings. The van der Waals surface area contributed by atoms with E-state index in [2.05, 4.69) is 5.32 Å². The number of carbonyl (C=O) groups is 2. The molecule has 1 aromatic carbocycles. The summed E-state index contributed by atoms with van der Waals surface area (Å²) in [6, 6.07) is 4.53. The standard InChI is InChI=1S/C14H18N2O4/c1-3-9(2)15-13(18)7-16-11-5-4-10(17)6-12(11)20-8-14(16)19/h4-6,9,17H,3,7-8H2,1-2H3,(H,15,18). The summed E-state index contributed by atoms with van der Waals surface area (Å²) < 4.78 is 5.25. The van der Waals surface area contributed by atoms with Gasteiger partial charge in [-0.1, -0.05) is 6.92 Å². The van der Waals surface area contributed by atoms with Crippen molar-refractivity contribution in [2.75, 3.05) is 18.1 Å². The SMILES string of the molecule is CCC(C)NC(=O)CN1C(=O)COc2cc(O)ccc21. The third kappa shape index (κ3) is 3.01. The van der Waals surface area contributed by atoms with E-state index in [0.29, 0.717) is 11.4 Å². The minimum Gasteiger partial charge on any atom is -0.508 e. The van der Waals surface area contributed by atoms with Gasteiger partial charge in [0.15, 0.2) is 6.61 Å². The molecule has 0 radical (unpaired) electrons. The highest BCUT2D eigenvalue weighted by atomic mass is 16.5. The summed E-state index contributed by atoms with van der Waals surface area (Å²) in [6.07, 6.45) is 0.827. The highest BCUT2D eigenvalue weighted by Crippen LogP contribution is 2.34. The number of ether oxygens (including phenoxy) is 1. The first-order valence-corrected chi connectivity index (χ1v) is 6.56. The molecule has 108 valence electrons. The second kappa shape index (κ2) is 5.81. The van der Waals surface area contributed by atoms with Gasteiger partial charge in [-0.25, -0.2) is 0 Å². The van der Waals surface area contributed by atoms with Gasteiger partial charge in [-0.3, -0.25) is 14.5 Å². The first-order chi connectivity index (χ1) is 9.51. The van der Waals surface area contributed by atoms with E-state index in [1.807, 2.05) is 13.8 Å². The molecule has 6 heteroatoms. The molecule has 20 heavy (non-hydrogen) atoms. The molecule has 0 spiro atoms. The largest absolute Gasteiger partial charge is 0.508 e. The summed E-state index contributed by atoms with van der Waals surface area (Å²) in [5.41, 5.74) is 0.498. The van der Waals surface area contributed by atoms with Crippen molar-refractivity contribution >= 4 is 17.5 Å². The molecule has 1 aliphatic heterocycles.